The van der Waals surface area contributed by atoms with Crippen LogP contribution in [0.15, 0.2) is 24.3 Å². The highest BCUT2D eigenvalue weighted by Crippen LogP contribution is 2.22. The second kappa shape index (κ2) is 6.64. The lowest BCUT2D eigenvalue weighted by Crippen LogP contribution is -2.50. The maximum Gasteiger partial charge on any atom is 0.315 e. The number of carbonyl (C=O) groups is 1. The van der Waals surface area contributed by atoms with Gasteiger partial charge in [0.2, 0.25) is 0 Å². The molecule has 1 amide bonds. The number of rotatable bonds is 3. The molecule has 2 rings (SSSR count). The molecule has 1 unspecified atom stereocenters. The van der Waals surface area contributed by atoms with E-state index in [4.69, 9.17) is 5.26 Å². The molecule has 0 aromatic heterocycles. The van der Waals surface area contributed by atoms with E-state index in [1.165, 1.54) is 4.90 Å². The summed E-state index contributed by atoms with van der Waals surface area (Å²) in [6.07, 6.45) is -2.93. The molecule has 1 fully saturated rings. The molecule has 1 aliphatic heterocycles. The molecule has 1 saturated heterocycles. The van der Waals surface area contributed by atoms with Gasteiger partial charge in [0.15, 0.2) is 0 Å². The Labute approximate surface area is 122 Å². The van der Waals surface area contributed by atoms with E-state index in [2.05, 4.69) is 11.0 Å². The minimum absolute atomic E-state index is 0.0853. The Morgan fingerprint density at radius 2 is 1.95 bits per heavy atom. The Hall–Kier alpha value is -2.00. The summed E-state index contributed by atoms with van der Waals surface area (Å²) in [6.45, 7) is 3.74. The van der Waals surface area contributed by atoms with Crippen molar-refractivity contribution in [1.82, 2.24) is 9.80 Å². The van der Waals surface area contributed by atoms with Crippen LogP contribution in [0.3, 0.4) is 0 Å². The van der Waals surface area contributed by atoms with Crippen LogP contribution in [0.25, 0.3) is 0 Å². The summed E-state index contributed by atoms with van der Waals surface area (Å²) < 4.78 is 24.8. The first-order valence-corrected chi connectivity index (χ1v) is 6.84. The fourth-order valence-corrected chi connectivity index (χ4v) is 2.55. The van der Waals surface area contributed by atoms with Crippen LogP contribution in [0.1, 0.15) is 24.1 Å². The molecule has 0 N–H and O–H groups in total. The molecular weight excluding hydrogens is 276 g/mol. The van der Waals surface area contributed by atoms with Crippen LogP contribution < -0.4 is 0 Å². The molecule has 0 bridgehead atoms. The maximum atomic E-state index is 12.4. The minimum atomic E-state index is -2.93. The largest absolute Gasteiger partial charge is 0.335 e. The van der Waals surface area contributed by atoms with Crippen molar-refractivity contribution < 1.29 is 13.6 Å². The Morgan fingerprint density at radius 3 is 2.52 bits per heavy atom. The summed E-state index contributed by atoms with van der Waals surface area (Å²) in [7, 11) is 0. The second-order valence-corrected chi connectivity index (χ2v) is 5.08. The summed E-state index contributed by atoms with van der Waals surface area (Å²) in [5, 5.41) is 8.92. The molecule has 6 heteroatoms. The zero-order valence-electron chi connectivity index (χ0n) is 11.8. The Bertz CT molecular complexity index is 548. The van der Waals surface area contributed by atoms with E-state index in [9.17, 15) is 13.6 Å². The van der Waals surface area contributed by atoms with Crippen molar-refractivity contribution >= 4 is 5.91 Å². The van der Waals surface area contributed by atoms with E-state index in [1.807, 2.05) is 25.1 Å². The van der Waals surface area contributed by atoms with Crippen LogP contribution in [0.2, 0.25) is 0 Å². The molecule has 21 heavy (non-hydrogen) atoms. The van der Waals surface area contributed by atoms with E-state index < -0.39 is 12.3 Å². The lowest BCUT2D eigenvalue weighted by molar-refractivity contribution is -0.144. The highest BCUT2D eigenvalue weighted by molar-refractivity contribution is 5.79. The van der Waals surface area contributed by atoms with E-state index in [1.54, 1.807) is 6.07 Å². The molecule has 1 aliphatic rings. The molecule has 4 nitrogen and oxygen atoms in total. The molecule has 1 heterocycles. The molecular formula is C15H17F2N3O. The number of benzene rings is 1. The van der Waals surface area contributed by atoms with Gasteiger partial charge in [-0.25, -0.2) is 0 Å². The third kappa shape index (κ3) is 3.56. The third-order valence-corrected chi connectivity index (χ3v) is 3.86. The molecule has 0 spiro atoms. The van der Waals surface area contributed by atoms with Gasteiger partial charge >= 0.3 is 6.43 Å². The van der Waals surface area contributed by atoms with Crippen molar-refractivity contribution in [2.24, 2.45) is 0 Å². The van der Waals surface area contributed by atoms with Crippen molar-refractivity contribution in [1.29, 1.82) is 5.26 Å². The molecule has 0 aliphatic carbocycles. The zero-order chi connectivity index (χ0) is 15.4. The molecule has 112 valence electrons. The van der Waals surface area contributed by atoms with E-state index in [-0.39, 0.29) is 6.04 Å². The van der Waals surface area contributed by atoms with Gasteiger partial charge in [-0.15, -0.1) is 0 Å². The van der Waals surface area contributed by atoms with Gasteiger partial charge in [-0.3, -0.25) is 9.69 Å². The van der Waals surface area contributed by atoms with Crippen LogP contribution in [0, 0.1) is 11.3 Å². The highest BCUT2D eigenvalue weighted by Gasteiger charge is 2.28. The number of alkyl halides is 2. The van der Waals surface area contributed by atoms with Crippen LogP contribution >= 0.6 is 0 Å². The average molecular weight is 293 g/mol. The van der Waals surface area contributed by atoms with Gasteiger partial charge in [0.1, 0.15) is 0 Å². The first-order chi connectivity index (χ1) is 10.0. The Balaban J connectivity index is 1.98. The number of amides is 1. The van der Waals surface area contributed by atoms with Gasteiger partial charge < -0.3 is 4.90 Å². The summed E-state index contributed by atoms with van der Waals surface area (Å²) in [5.41, 5.74) is 1.62. The average Bonchev–Trinajstić information content (AvgIpc) is 2.53. The number of halogens is 2. The van der Waals surface area contributed by atoms with Crippen LogP contribution in [0.4, 0.5) is 8.78 Å². The monoisotopic (exact) mass is 293 g/mol. The van der Waals surface area contributed by atoms with Crippen LogP contribution in [0.5, 0.6) is 0 Å². The smallest absolute Gasteiger partial charge is 0.315 e. The van der Waals surface area contributed by atoms with Crippen LogP contribution in [-0.2, 0) is 4.79 Å². The molecule has 0 saturated carbocycles. The lowest BCUT2D eigenvalue weighted by atomic mass is 10.0. The Kier molecular flexibility index (Phi) is 4.86. The number of hydrogen-bond donors (Lipinski definition) is 0. The first-order valence-electron chi connectivity index (χ1n) is 6.84. The van der Waals surface area contributed by atoms with Gasteiger partial charge in [0.25, 0.3) is 5.91 Å². The van der Waals surface area contributed by atoms with Crippen molar-refractivity contribution in [3.05, 3.63) is 35.4 Å². The summed E-state index contributed by atoms with van der Waals surface area (Å²) in [6, 6.07) is 9.55. The standard InChI is InChI=1S/C15H17F2N3O/c1-11(13-4-2-3-12(9-13)10-18)19-5-7-20(8-6-19)15(21)14(16)17/h2-4,9,11,14H,5-8H2,1H3. The van der Waals surface area contributed by atoms with Crippen molar-refractivity contribution in [3.63, 3.8) is 0 Å². The summed E-state index contributed by atoms with van der Waals surface area (Å²) in [4.78, 5) is 14.6. The molecule has 1 atom stereocenters. The van der Waals surface area contributed by atoms with E-state index >= 15 is 0 Å². The zero-order valence-corrected chi connectivity index (χ0v) is 11.8. The minimum Gasteiger partial charge on any atom is -0.335 e. The molecule has 1 aromatic carbocycles. The molecule has 0 radical (unpaired) electrons. The number of nitriles is 1. The van der Waals surface area contributed by atoms with Crippen molar-refractivity contribution in [2.75, 3.05) is 26.2 Å². The van der Waals surface area contributed by atoms with Crippen LogP contribution in [-0.4, -0.2) is 48.3 Å². The quantitative estimate of drug-likeness (QED) is 0.856. The van der Waals surface area contributed by atoms with Gasteiger partial charge in [0.05, 0.1) is 11.6 Å². The number of nitrogens with zero attached hydrogens (tertiary/aromatic N) is 3. The van der Waals surface area contributed by atoms with E-state index in [0.717, 1.165) is 5.56 Å². The molecule has 1 aromatic rings. The fraction of sp³-hybridized carbons (Fsp3) is 0.467. The summed E-state index contributed by atoms with van der Waals surface area (Å²) >= 11 is 0. The normalized spacial score (nSPS) is 17.6. The second-order valence-electron chi connectivity index (χ2n) is 5.08. The summed E-state index contributed by atoms with van der Waals surface area (Å²) in [5.74, 6) is -1.09. The predicted octanol–water partition coefficient (Wildman–Crippen LogP) is 2.03. The van der Waals surface area contributed by atoms with Crippen molar-refractivity contribution in [3.8, 4) is 6.07 Å². The van der Waals surface area contributed by atoms with Gasteiger partial charge in [-0.05, 0) is 24.6 Å². The van der Waals surface area contributed by atoms with Gasteiger partial charge in [0, 0.05) is 32.2 Å². The predicted molar refractivity (Wildman–Crippen MR) is 73.7 cm³/mol. The SMILES string of the molecule is CC(c1cccc(C#N)c1)N1CCN(C(=O)C(F)F)CC1. The first kappa shape index (κ1) is 15.4. The van der Waals surface area contributed by atoms with E-state index in [0.29, 0.717) is 31.7 Å². The van der Waals surface area contributed by atoms with Crippen molar-refractivity contribution in [2.45, 2.75) is 19.4 Å². The maximum absolute atomic E-state index is 12.4. The fourth-order valence-electron chi connectivity index (χ4n) is 2.55. The lowest BCUT2D eigenvalue weighted by Gasteiger charge is -2.38. The van der Waals surface area contributed by atoms with Gasteiger partial charge in [-0.2, -0.15) is 14.0 Å². The number of piperazine rings is 1. The third-order valence-electron chi connectivity index (χ3n) is 3.86. The number of carbonyl (C=O) groups excluding carboxylic acids is 1. The highest BCUT2D eigenvalue weighted by atomic mass is 19.3. The Morgan fingerprint density at radius 1 is 1.29 bits per heavy atom. The topological polar surface area (TPSA) is 47.3 Å². The number of hydrogen-bond acceptors (Lipinski definition) is 3. The van der Waals surface area contributed by atoms with Gasteiger partial charge in [-0.1, -0.05) is 12.1 Å².